The maximum atomic E-state index is 5.94. The summed E-state index contributed by atoms with van der Waals surface area (Å²) in [5.41, 5.74) is 9.32. The third-order valence-electron chi connectivity index (χ3n) is 4.44. The van der Waals surface area contributed by atoms with Crippen LogP contribution in [0, 0.1) is 11.8 Å². The first-order chi connectivity index (χ1) is 13.3. The minimum absolute atomic E-state index is 0.399. The third-order valence-corrected chi connectivity index (χ3v) is 4.44. The number of nitrogen functional groups attached to an aromatic ring is 1. The molecule has 128 valence electrons. The molecule has 27 heavy (non-hydrogen) atoms. The van der Waals surface area contributed by atoms with Crippen LogP contribution in [0.15, 0.2) is 61.2 Å². The number of allylic oxidation sites excluding steroid dienone is 2. The van der Waals surface area contributed by atoms with Gasteiger partial charge in [-0.2, -0.15) is 0 Å². The van der Waals surface area contributed by atoms with E-state index in [-0.39, 0.29) is 0 Å². The van der Waals surface area contributed by atoms with Crippen molar-refractivity contribution in [2.45, 2.75) is 6.54 Å². The van der Waals surface area contributed by atoms with Crippen molar-refractivity contribution in [3.8, 4) is 23.2 Å². The molecular weight excluding hydrogens is 336 g/mol. The van der Waals surface area contributed by atoms with E-state index in [9.17, 15) is 0 Å². The molecule has 0 amide bonds. The number of hydrogen-bond donors (Lipinski definition) is 1. The van der Waals surface area contributed by atoms with Crippen LogP contribution in [0.4, 0.5) is 5.82 Å². The van der Waals surface area contributed by atoms with Crippen LogP contribution in [0.3, 0.4) is 0 Å². The van der Waals surface area contributed by atoms with E-state index in [1.54, 1.807) is 18.6 Å². The molecule has 0 spiro atoms. The van der Waals surface area contributed by atoms with Gasteiger partial charge in [-0.25, -0.2) is 19.9 Å². The van der Waals surface area contributed by atoms with Crippen molar-refractivity contribution in [3.05, 3.63) is 72.6 Å². The van der Waals surface area contributed by atoms with E-state index < -0.39 is 0 Å². The summed E-state index contributed by atoms with van der Waals surface area (Å²) in [5.74, 6) is 8.34. The molecule has 1 aromatic carbocycles. The lowest BCUT2D eigenvalue weighted by Gasteiger charge is -2.04. The fraction of sp³-hybridized carbons (Fsp3) is 0.0476. The molecular formula is C21H14N6. The van der Waals surface area contributed by atoms with Gasteiger partial charge in [0.15, 0.2) is 5.82 Å². The Morgan fingerprint density at radius 1 is 1.04 bits per heavy atom. The van der Waals surface area contributed by atoms with E-state index in [1.165, 1.54) is 0 Å². The Kier molecular flexibility index (Phi) is 3.44. The van der Waals surface area contributed by atoms with Crippen LogP contribution in [0.25, 0.3) is 27.9 Å². The first-order valence-corrected chi connectivity index (χ1v) is 8.49. The van der Waals surface area contributed by atoms with Crippen molar-refractivity contribution < 1.29 is 0 Å². The summed E-state index contributed by atoms with van der Waals surface area (Å²) in [5, 5.41) is 0.867. The van der Waals surface area contributed by atoms with Gasteiger partial charge in [-0.3, -0.25) is 0 Å². The number of fused-ring (bicyclic) bond motifs is 2. The van der Waals surface area contributed by atoms with Gasteiger partial charge < -0.3 is 10.3 Å². The van der Waals surface area contributed by atoms with E-state index in [0.29, 0.717) is 17.2 Å². The van der Waals surface area contributed by atoms with Crippen molar-refractivity contribution in [2.24, 2.45) is 0 Å². The number of anilines is 1. The average molecular weight is 350 g/mol. The van der Waals surface area contributed by atoms with Crippen LogP contribution in [0.1, 0.15) is 11.4 Å². The van der Waals surface area contributed by atoms with Crippen LogP contribution in [0.5, 0.6) is 0 Å². The summed E-state index contributed by atoms with van der Waals surface area (Å²) in [6, 6.07) is 9.69. The zero-order chi connectivity index (χ0) is 18.2. The molecule has 0 fully saturated rings. The van der Waals surface area contributed by atoms with Gasteiger partial charge in [0.1, 0.15) is 17.2 Å². The number of pyridine rings is 1. The highest BCUT2D eigenvalue weighted by Gasteiger charge is 2.12. The molecule has 0 atom stereocenters. The Morgan fingerprint density at radius 2 is 2.00 bits per heavy atom. The number of aromatic nitrogens is 5. The van der Waals surface area contributed by atoms with Gasteiger partial charge in [0.05, 0.1) is 5.57 Å². The Bertz CT molecular complexity index is 1270. The second-order valence-corrected chi connectivity index (χ2v) is 6.18. The van der Waals surface area contributed by atoms with Crippen LogP contribution >= 0.6 is 0 Å². The fourth-order valence-corrected chi connectivity index (χ4v) is 3.08. The van der Waals surface area contributed by atoms with Crippen molar-refractivity contribution in [1.29, 1.82) is 0 Å². The second-order valence-electron chi connectivity index (χ2n) is 6.18. The van der Waals surface area contributed by atoms with Gasteiger partial charge in [0.2, 0.25) is 0 Å². The molecule has 3 aromatic heterocycles. The highest BCUT2D eigenvalue weighted by Crippen LogP contribution is 2.22. The van der Waals surface area contributed by atoms with Gasteiger partial charge in [0, 0.05) is 47.8 Å². The summed E-state index contributed by atoms with van der Waals surface area (Å²) in [6.45, 7) is 0.819. The molecule has 0 saturated carbocycles. The van der Waals surface area contributed by atoms with Crippen molar-refractivity contribution in [1.82, 2.24) is 24.5 Å². The van der Waals surface area contributed by atoms with Gasteiger partial charge in [-0.05, 0) is 24.3 Å². The molecule has 5 rings (SSSR count). The van der Waals surface area contributed by atoms with Crippen LogP contribution < -0.4 is 5.73 Å². The van der Waals surface area contributed by atoms with Gasteiger partial charge in [0.25, 0.3) is 0 Å². The zero-order valence-corrected chi connectivity index (χ0v) is 14.3. The van der Waals surface area contributed by atoms with E-state index in [4.69, 9.17) is 5.73 Å². The van der Waals surface area contributed by atoms with E-state index in [1.807, 2.05) is 36.5 Å². The topological polar surface area (TPSA) is 82.5 Å². The first kappa shape index (κ1) is 15.3. The quantitative estimate of drug-likeness (QED) is 0.534. The second kappa shape index (κ2) is 6.07. The van der Waals surface area contributed by atoms with E-state index in [0.717, 1.165) is 34.5 Å². The molecule has 1 aliphatic heterocycles. The highest BCUT2D eigenvalue weighted by molar-refractivity contribution is 5.87. The van der Waals surface area contributed by atoms with Crippen LogP contribution in [-0.4, -0.2) is 24.5 Å². The molecule has 2 N–H and O–H groups in total. The first-order valence-electron chi connectivity index (χ1n) is 8.49. The standard InChI is InChI=1S/C21H14N6/c22-19-18-17(6-8-23-19)13-25-20(26-18)16-3-1-2-14(12-16)4-5-15-7-10-27-11-9-24-21(15)27/h1-3,6-9,11-13H,10H2,(H2,22,23). The minimum Gasteiger partial charge on any atom is -0.382 e. The Labute approximate surface area is 155 Å². The van der Waals surface area contributed by atoms with Crippen LogP contribution in [-0.2, 0) is 6.54 Å². The molecule has 0 aliphatic carbocycles. The largest absolute Gasteiger partial charge is 0.382 e. The summed E-state index contributed by atoms with van der Waals surface area (Å²) in [7, 11) is 0. The Morgan fingerprint density at radius 3 is 2.96 bits per heavy atom. The lowest BCUT2D eigenvalue weighted by atomic mass is 10.1. The smallest absolute Gasteiger partial charge is 0.159 e. The van der Waals surface area contributed by atoms with Crippen molar-refractivity contribution >= 4 is 22.3 Å². The van der Waals surface area contributed by atoms with Crippen LogP contribution in [0.2, 0.25) is 0 Å². The number of rotatable bonds is 1. The summed E-state index contributed by atoms with van der Waals surface area (Å²) in [6.07, 6.45) is 9.25. The number of imidazole rings is 1. The predicted molar refractivity (Wildman–Crippen MR) is 104 cm³/mol. The number of nitrogens with two attached hydrogens (primary N) is 1. The average Bonchev–Trinajstić information content (AvgIpc) is 3.31. The van der Waals surface area contributed by atoms with Gasteiger partial charge in [-0.1, -0.05) is 24.0 Å². The minimum atomic E-state index is 0.399. The maximum absolute atomic E-state index is 5.94. The lowest BCUT2D eigenvalue weighted by Crippen LogP contribution is -1.96. The Balaban J connectivity index is 1.50. The highest BCUT2D eigenvalue weighted by atomic mass is 15.1. The summed E-state index contributed by atoms with van der Waals surface area (Å²) in [4.78, 5) is 17.5. The predicted octanol–water partition coefficient (Wildman–Crippen LogP) is 2.92. The van der Waals surface area contributed by atoms with Crippen molar-refractivity contribution in [3.63, 3.8) is 0 Å². The zero-order valence-electron chi connectivity index (χ0n) is 14.3. The molecule has 6 heteroatoms. The molecule has 0 unspecified atom stereocenters. The van der Waals surface area contributed by atoms with Gasteiger partial charge >= 0.3 is 0 Å². The molecule has 0 bridgehead atoms. The Hall–Kier alpha value is -3.98. The van der Waals surface area contributed by atoms with Gasteiger partial charge in [-0.15, -0.1) is 0 Å². The third kappa shape index (κ3) is 2.71. The summed E-state index contributed by atoms with van der Waals surface area (Å²) < 4.78 is 2.07. The lowest BCUT2D eigenvalue weighted by molar-refractivity contribution is 0.836. The molecule has 6 nitrogen and oxygen atoms in total. The molecule has 4 aromatic rings. The summed E-state index contributed by atoms with van der Waals surface area (Å²) >= 11 is 0. The fourth-order valence-electron chi connectivity index (χ4n) is 3.08. The van der Waals surface area contributed by atoms with E-state index in [2.05, 4.69) is 42.4 Å². The molecule has 0 saturated heterocycles. The van der Waals surface area contributed by atoms with Crippen molar-refractivity contribution in [2.75, 3.05) is 5.73 Å². The number of hydrogen-bond acceptors (Lipinski definition) is 5. The SMILES string of the molecule is Nc1nccc2cnc(-c3cccc(C#CC4=CCn5ccnc54)c3)nc12. The normalized spacial score (nSPS) is 12.4. The molecule has 0 radical (unpaired) electrons. The van der Waals surface area contributed by atoms with E-state index >= 15 is 0 Å². The maximum Gasteiger partial charge on any atom is 0.159 e. The monoisotopic (exact) mass is 350 g/mol. The molecule has 1 aliphatic rings. The number of nitrogens with zero attached hydrogens (tertiary/aromatic N) is 5. The number of benzene rings is 1. The molecule has 4 heterocycles.